The van der Waals surface area contributed by atoms with Crippen molar-refractivity contribution < 1.29 is 0 Å². The molecule has 1 rings (SSSR count). The monoisotopic (exact) mass is 207 g/mol. The Bertz CT molecular complexity index is 315. The molecule has 0 amide bonds. The Morgan fingerprint density at radius 3 is 2.53 bits per heavy atom. The largest absolute Gasteiger partial charge is 0.359 e. The van der Waals surface area contributed by atoms with Crippen molar-refractivity contribution in [2.24, 2.45) is 11.1 Å². The van der Waals surface area contributed by atoms with Crippen molar-refractivity contribution >= 4 is 5.82 Å². The molecule has 1 heterocycles. The van der Waals surface area contributed by atoms with Crippen LogP contribution in [0.15, 0.2) is 18.2 Å². The summed E-state index contributed by atoms with van der Waals surface area (Å²) in [6.07, 6.45) is 0. The maximum absolute atomic E-state index is 5.57. The molecule has 0 aliphatic heterocycles. The average Bonchev–Trinajstić information content (AvgIpc) is 2.15. The second-order valence-electron chi connectivity index (χ2n) is 5.11. The molecule has 2 N–H and O–H groups in total. The molecule has 0 radical (unpaired) electrons. The highest BCUT2D eigenvalue weighted by atomic mass is 15.2. The predicted octanol–water partition coefficient (Wildman–Crippen LogP) is 2.02. The van der Waals surface area contributed by atoms with Crippen molar-refractivity contribution in [1.82, 2.24) is 4.98 Å². The summed E-state index contributed by atoms with van der Waals surface area (Å²) in [5, 5.41) is 0. The van der Waals surface area contributed by atoms with Crippen LogP contribution in [0.25, 0.3) is 0 Å². The van der Waals surface area contributed by atoms with E-state index in [1.807, 2.05) is 18.2 Å². The fraction of sp³-hybridized carbons (Fsp3) is 0.583. The molecule has 0 aromatic carbocycles. The predicted molar refractivity (Wildman–Crippen MR) is 64.9 cm³/mol. The van der Waals surface area contributed by atoms with Crippen molar-refractivity contribution in [3.05, 3.63) is 23.9 Å². The first-order valence-electron chi connectivity index (χ1n) is 5.29. The summed E-state index contributed by atoms with van der Waals surface area (Å²) >= 11 is 0. The zero-order valence-corrected chi connectivity index (χ0v) is 10.1. The lowest BCUT2D eigenvalue weighted by molar-refractivity contribution is 0.417. The number of hydrogen-bond donors (Lipinski definition) is 1. The Labute approximate surface area is 92.3 Å². The van der Waals surface area contributed by atoms with Crippen LogP contribution in [-0.4, -0.2) is 18.6 Å². The van der Waals surface area contributed by atoms with E-state index in [9.17, 15) is 0 Å². The fourth-order valence-electron chi connectivity index (χ4n) is 1.59. The lowest BCUT2D eigenvalue weighted by Crippen LogP contribution is -2.29. The van der Waals surface area contributed by atoms with Crippen molar-refractivity contribution in [1.29, 1.82) is 0 Å². The third kappa shape index (κ3) is 3.88. The smallest absolute Gasteiger partial charge is 0.128 e. The minimum atomic E-state index is 0.273. The minimum Gasteiger partial charge on any atom is -0.359 e. The quantitative estimate of drug-likeness (QED) is 0.824. The Kier molecular flexibility index (Phi) is 3.69. The van der Waals surface area contributed by atoms with Gasteiger partial charge in [0.25, 0.3) is 0 Å². The number of anilines is 1. The highest BCUT2D eigenvalue weighted by Gasteiger charge is 2.14. The summed E-state index contributed by atoms with van der Waals surface area (Å²) in [5.74, 6) is 0.993. The van der Waals surface area contributed by atoms with Gasteiger partial charge >= 0.3 is 0 Å². The third-order valence-corrected chi connectivity index (χ3v) is 2.10. The van der Waals surface area contributed by atoms with Gasteiger partial charge in [-0.25, -0.2) is 4.98 Å². The number of rotatable bonds is 3. The molecule has 1 aromatic heterocycles. The van der Waals surface area contributed by atoms with Gasteiger partial charge in [0.1, 0.15) is 5.82 Å². The van der Waals surface area contributed by atoms with E-state index in [4.69, 9.17) is 5.73 Å². The first kappa shape index (κ1) is 12.0. The van der Waals surface area contributed by atoms with Crippen LogP contribution in [0.5, 0.6) is 0 Å². The Morgan fingerprint density at radius 1 is 1.33 bits per heavy atom. The molecule has 0 atom stereocenters. The summed E-state index contributed by atoms with van der Waals surface area (Å²) in [6, 6.07) is 5.98. The van der Waals surface area contributed by atoms with Gasteiger partial charge in [-0.3, -0.25) is 0 Å². The molecule has 1 aromatic rings. The number of aromatic nitrogens is 1. The molecular formula is C12H21N3. The van der Waals surface area contributed by atoms with E-state index in [0.717, 1.165) is 18.1 Å². The summed E-state index contributed by atoms with van der Waals surface area (Å²) in [6.45, 7) is 8.13. The SMILES string of the molecule is CN(CC(C)(C)C)c1cccc(CN)n1. The topological polar surface area (TPSA) is 42.1 Å². The number of pyridine rings is 1. The van der Waals surface area contributed by atoms with E-state index >= 15 is 0 Å². The first-order valence-corrected chi connectivity index (χ1v) is 5.29. The van der Waals surface area contributed by atoms with Crippen molar-refractivity contribution in [3.8, 4) is 0 Å². The second kappa shape index (κ2) is 4.62. The van der Waals surface area contributed by atoms with Crippen molar-refractivity contribution in [2.45, 2.75) is 27.3 Å². The molecule has 84 valence electrons. The second-order valence-corrected chi connectivity index (χ2v) is 5.11. The van der Waals surface area contributed by atoms with Gasteiger partial charge in [-0.15, -0.1) is 0 Å². The standard InChI is InChI=1S/C12H21N3/c1-12(2,3)9-15(4)11-7-5-6-10(8-13)14-11/h5-7H,8-9,13H2,1-4H3. The number of hydrogen-bond acceptors (Lipinski definition) is 3. The van der Waals surface area contributed by atoms with Crippen LogP contribution in [0.3, 0.4) is 0 Å². The molecule has 0 aliphatic carbocycles. The lowest BCUT2D eigenvalue weighted by Gasteiger charge is -2.27. The molecule has 15 heavy (non-hydrogen) atoms. The van der Waals surface area contributed by atoms with Gasteiger partial charge in [-0.2, -0.15) is 0 Å². The maximum Gasteiger partial charge on any atom is 0.128 e. The Hall–Kier alpha value is -1.09. The molecule has 0 bridgehead atoms. The van der Waals surface area contributed by atoms with E-state index < -0.39 is 0 Å². The van der Waals surface area contributed by atoms with E-state index in [-0.39, 0.29) is 5.41 Å². The highest BCUT2D eigenvalue weighted by Crippen LogP contribution is 2.18. The summed E-state index contributed by atoms with van der Waals surface area (Å²) in [7, 11) is 2.06. The van der Waals surface area contributed by atoms with Crippen LogP contribution in [-0.2, 0) is 6.54 Å². The zero-order valence-electron chi connectivity index (χ0n) is 10.1. The Balaban J connectivity index is 2.77. The van der Waals surface area contributed by atoms with Gasteiger partial charge in [0, 0.05) is 20.1 Å². The fourth-order valence-corrected chi connectivity index (χ4v) is 1.59. The molecular weight excluding hydrogens is 186 g/mol. The minimum absolute atomic E-state index is 0.273. The summed E-state index contributed by atoms with van der Waals surface area (Å²) < 4.78 is 0. The van der Waals surface area contributed by atoms with Crippen molar-refractivity contribution in [2.75, 3.05) is 18.5 Å². The summed E-state index contributed by atoms with van der Waals surface area (Å²) in [5.41, 5.74) is 6.78. The van der Waals surface area contributed by atoms with Crippen molar-refractivity contribution in [3.63, 3.8) is 0 Å². The maximum atomic E-state index is 5.57. The Morgan fingerprint density at radius 2 is 2.00 bits per heavy atom. The molecule has 3 heteroatoms. The van der Waals surface area contributed by atoms with E-state index in [0.29, 0.717) is 6.54 Å². The van der Waals surface area contributed by atoms with Gasteiger partial charge in [0.15, 0.2) is 0 Å². The van der Waals surface area contributed by atoms with E-state index in [2.05, 4.69) is 37.7 Å². The van der Waals surface area contributed by atoms with Crippen LogP contribution < -0.4 is 10.6 Å². The van der Waals surface area contributed by atoms with Crippen LogP contribution in [0, 0.1) is 5.41 Å². The molecule has 0 spiro atoms. The van der Waals surface area contributed by atoms with Gasteiger partial charge in [-0.05, 0) is 17.5 Å². The van der Waals surface area contributed by atoms with Crippen LogP contribution in [0.1, 0.15) is 26.5 Å². The first-order chi connectivity index (χ1) is 6.92. The molecule has 0 fully saturated rings. The lowest BCUT2D eigenvalue weighted by atomic mass is 9.96. The third-order valence-electron chi connectivity index (χ3n) is 2.10. The summed E-state index contributed by atoms with van der Waals surface area (Å²) in [4.78, 5) is 6.64. The van der Waals surface area contributed by atoms with Gasteiger partial charge < -0.3 is 10.6 Å². The molecule has 0 saturated carbocycles. The van der Waals surface area contributed by atoms with Crippen LogP contribution in [0.2, 0.25) is 0 Å². The molecule has 0 unspecified atom stereocenters. The average molecular weight is 207 g/mol. The van der Waals surface area contributed by atoms with E-state index in [1.54, 1.807) is 0 Å². The highest BCUT2D eigenvalue weighted by molar-refractivity contribution is 5.38. The molecule has 3 nitrogen and oxygen atoms in total. The van der Waals surface area contributed by atoms with Gasteiger partial charge in [-0.1, -0.05) is 26.8 Å². The van der Waals surface area contributed by atoms with Gasteiger partial charge in [0.05, 0.1) is 5.69 Å². The van der Waals surface area contributed by atoms with Crippen LogP contribution in [0.4, 0.5) is 5.82 Å². The molecule has 0 saturated heterocycles. The zero-order chi connectivity index (χ0) is 11.5. The number of nitrogens with zero attached hydrogens (tertiary/aromatic N) is 2. The van der Waals surface area contributed by atoms with E-state index in [1.165, 1.54) is 0 Å². The molecule has 0 aliphatic rings. The number of nitrogens with two attached hydrogens (primary N) is 1. The normalized spacial score (nSPS) is 11.5. The van der Waals surface area contributed by atoms with Crippen LogP contribution >= 0.6 is 0 Å². The van der Waals surface area contributed by atoms with Gasteiger partial charge in [0.2, 0.25) is 0 Å².